The van der Waals surface area contributed by atoms with Crippen molar-refractivity contribution in [2.45, 2.75) is 5.33 Å². The quantitative estimate of drug-likeness (QED) is 0.425. The molecule has 0 bridgehead atoms. The third kappa shape index (κ3) is 3.87. The van der Waals surface area contributed by atoms with Gasteiger partial charge in [-0.25, -0.2) is 0 Å². The van der Waals surface area contributed by atoms with Gasteiger partial charge in [-0.05, 0) is 23.8 Å². The van der Waals surface area contributed by atoms with Crippen molar-refractivity contribution in [1.82, 2.24) is 0 Å². The molecule has 0 amide bonds. The number of alkyl halides is 1. The van der Waals surface area contributed by atoms with E-state index in [0.29, 0.717) is 22.6 Å². The molecule has 2 rings (SSSR count). The molecule has 2 aromatic rings. The van der Waals surface area contributed by atoms with Crippen LogP contribution in [0.4, 0.5) is 0 Å². The molecule has 2 aromatic carbocycles. The third-order valence-corrected chi connectivity index (χ3v) is 3.78. The molecule has 0 saturated carbocycles. The minimum Gasteiger partial charge on any atom is -0.497 e. The van der Waals surface area contributed by atoms with Crippen molar-refractivity contribution in [2.75, 3.05) is 21.0 Å². The number of ketones is 1. The van der Waals surface area contributed by atoms with Crippen LogP contribution in [0.2, 0.25) is 0 Å². The molecule has 0 radical (unpaired) electrons. The van der Waals surface area contributed by atoms with Crippen molar-refractivity contribution in [3.8, 4) is 11.5 Å². The predicted octanol–water partition coefficient (Wildman–Crippen LogP) is 3.80. The summed E-state index contributed by atoms with van der Waals surface area (Å²) in [6.45, 7) is 0.0785. The van der Waals surface area contributed by atoms with E-state index >= 15 is 0 Å². The maximum absolute atomic E-state index is 12.7. The second kappa shape index (κ2) is 7.96. The third-order valence-electron chi connectivity index (χ3n) is 3.13. The molecule has 0 atom stereocenters. The lowest BCUT2D eigenvalue weighted by molar-refractivity contribution is 0.0503. The van der Waals surface area contributed by atoms with Crippen LogP contribution in [0, 0.1) is 0 Å². The van der Waals surface area contributed by atoms with Gasteiger partial charge in [0.05, 0.1) is 12.7 Å². The normalized spacial score (nSPS) is 10.3. The Balaban J connectivity index is 2.36. The topological polar surface area (TPSA) is 44.8 Å². The maximum atomic E-state index is 12.7. The number of hydrogen-bond acceptors (Lipinski definition) is 4. The first-order chi connectivity index (χ1) is 10.7. The largest absolute Gasteiger partial charge is 0.497 e. The van der Waals surface area contributed by atoms with E-state index in [1.165, 1.54) is 7.11 Å². The molecule has 0 aliphatic heterocycles. The smallest absolute Gasteiger partial charge is 0.196 e. The van der Waals surface area contributed by atoms with Gasteiger partial charge in [0.2, 0.25) is 0 Å². The zero-order valence-corrected chi connectivity index (χ0v) is 14.1. The number of rotatable bonds is 7. The van der Waals surface area contributed by atoms with Crippen LogP contribution in [-0.4, -0.2) is 26.8 Å². The van der Waals surface area contributed by atoms with Gasteiger partial charge in [0, 0.05) is 18.0 Å². The molecule has 0 saturated heterocycles. The Morgan fingerprint density at radius 2 is 1.82 bits per heavy atom. The molecule has 22 heavy (non-hydrogen) atoms. The van der Waals surface area contributed by atoms with Crippen LogP contribution < -0.4 is 9.47 Å². The number of halogens is 1. The molecule has 116 valence electrons. The van der Waals surface area contributed by atoms with E-state index in [1.807, 2.05) is 12.1 Å². The van der Waals surface area contributed by atoms with E-state index in [0.717, 1.165) is 10.9 Å². The summed E-state index contributed by atoms with van der Waals surface area (Å²) in [6, 6.07) is 12.6. The Labute approximate surface area is 138 Å². The lowest BCUT2D eigenvalue weighted by Gasteiger charge is -2.12. The van der Waals surface area contributed by atoms with Crippen LogP contribution in [-0.2, 0) is 10.1 Å². The van der Waals surface area contributed by atoms with Crippen LogP contribution in [0.5, 0.6) is 11.5 Å². The minimum absolute atomic E-state index is 0.0785. The second-order valence-electron chi connectivity index (χ2n) is 4.57. The molecule has 0 fully saturated rings. The highest BCUT2D eigenvalue weighted by Gasteiger charge is 2.16. The zero-order chi connectivity index (χ0) is 15.9. The van der Waals surface area contributed by atoms with Crippen molar-refractivity contribution in [2.24, 2.45) is 0 Å². The Morgan fingerprint density at radius 3 is 2.41 bits per heavy atom. The zero-order valence-electron chi connectivity index (χ0n) is 12.5. The van der Waals surface area contributed by atoms with E-state index < -0.39 is 0 Å². The molecule has 0 spiro atoms. The molecular formula is C17H17BrO4. The molecule has 0 aromatic heterocycles. The summed E-state index contributed by atoms with van der Waals surface area (Å²) in [5.74, 6) is 0.952. The molecule has 0 unspecified atom stereocenters. The molecule has 0 N–H and O–H groups in total. The number of carbonyl (C=O) groups is 1. The highest BCUT2D eigenvalue weighted by atomic mass is 79.9. The summed E-state index contributed by atoms with van der Waals surface area (Å²) < 4.78 is 15.6. The second-order valence-corrected chi connectivity index (χ2v) is 5.13. The van der Waals surface area contributed by atoms with Crippen molar-refractivity contribution in [3.05, 3.63) is 59.2 Å². The van der Waals surface area contributed by atoms with Gasteiger partial charge < -0.3 is 14.2 Å². The van der Waals surface area contributed by atoms with Crippen LogP contribution in [0.25, 0.3) is 0 Å². The Morgan fingerprint density at radius 1 is 1.09 bits per heavy atom. The summed E-state index contributed by atoms with van der Waals surface area (Å²) >= 11 is 3.39. The summed E-state index contributed by atoms with van der Waals surface area (Å²) in [5, 5.41) is 0.753. The van der Waals surface area contributed by atoms with Gasteiger partial charge in [-0.2, -0.15) is 0 Å². The van der Waals surface area contributed by atoms with Crippen LogP contribution >= 0.6 is 15.9 Å². The SMILES string of the molecule is COCOc1ccc(OC)cc1C(=O)c1ccc(CBr)cc1. The van der Waals surface area contributed by atoms with Crippen molar-refractivity contribution in [1.29, 1.82) is 0 Å². The van der Waals surface area contributed by atoms with E-state index in [9.17, 15) is 4.79 Å². The summed E-state index contributed by atoms with van der Waals surface area (Å²) in [4.78, 5) is 12.7. The molecule has 0 heterocycles. The van der Waals surface area contributed by atoms with Crippen LogP contribution in [0.15, 0.2) is 42.5 Å². The van der Waals surface area contributed by atoms with E-state index in [4.69, 9.17) is 14.2 Å². The first-order valence-corrected chi connectivity index (χ1v) is 7.81. The molecule has 0 aliphatic carbocycles. The fourth-order valence-electron chi connectivity index (χ4n) is 1.96. The van der Waals surface area contributed by atoms with Gasteiger partial charge in [0.15, 0.2) is 12.6 Å². The fourth-order valence-corrected chi connectivity index (χ4v) is 2.34. The van der Waals surface area contributed by atoms with Gasteiger partial charge >= 0.3 is 0 Å². The number of benzene rings is 2. The van der Waals surface area contributed by atoms with Crippen LogP contribution in [0.3, 0.4) is 0 Å². The first-order valence-electron chi connectivity index (χ1n) is 6.69. The molecule has 5 heteroatoms. The van der Waals surface area contributed by atoms with Crippen molar-refractivity contribution < 1.29 is 19.0 Å². The predicted molar refractivity (Wildman–Crippen MR) is 88.0 cm³/mol. The van der Waals surface area contributed by atoms with Gasteiger partial charge in [-0.3, -0.25) is 4.79 Å². The summed E-state index contributed by atoms with van der Waals surface area (Å²) in [7, 11) is 3.09. The molecule has 0 aliphatic rings. The maximum Gasteiger partial charge on any atom is 0.196 e. The lowest BCUT2D eigenvalue weighted by atomic mass is 10.0. The van der Waals surface area contributed by atoms with E-state index in [2.05, 4.69) is 15.9 Å². The Bertz CT molecular complexity index is 638. The average Bonchev–Trinajstić information content (AvgIpc) is 2.59. The first kappa shape index (κ1) is 16.5. The number of ether oxygens (including phenoxy) is 3. The number of carbonyl (C=O) groups excluding carboxylic acids is 1. The summed E-state index contributed by atoms with van der Waals surface area (Å²) in [5.41, 5.74) is 2.15. The van der Waals surface area contributed by atoms with Crippen LogP contribution in [0.1, 0.15) is 21.5 Å². The highest BCUT2D eigenvalue weighted by Crippen LogP contribution is 2.27. The number of hydrogen-bond donors (Lipinski definition) is 0. The van der Waals surface area contributed by atoms with E-state index in [-0.39, 0.29) is 12.6 Å². The average molecular weight is 365 g/mol. The molecular weight excluding hydrogens is 348 g/mol. The Hall–Kier alpha value is -1.85. The minimum atomic E-state index is -0.119. The Kier molecular flexibility index (Phi) is 5.98. The monoisotopic (exact) mass is 364 g/mol. The highest BCUT2D eigenvalue weighted by molar-refractivity contribution is 9.08. The number of methoxy groups -OCH3 is 2. The fraction of sp³-hybridized carbons (Fsp3) is 0.235. The van der Waals surface area contributed by atoms with Crippen molar-refractivity contribution >= 4 is 21.7 Å². The van der Waals surface area contributed by atoms with Gasteiger partial charge in [-0.15, -0.1) is 0 Å². The summed E-state index contributed by atoms with van der Waals surface area (Å²) in [6.07, 6.45) is 0. The molecule has 4 nitrogen and oxygen atoms in total. The van der Waals surface area contributed by atoms with Crippen molar-refractivity contribution in [3.63, 3.8) is 0 Å². The lowest BCUT2D eigenvalue weighted by Crippen LogP contribution is -2.07. The van der Waals surface area contributed by atoms with Gasteiger partial charge in [0.25, 0.3) is 0 Å². The van der Waals surface area contributed by atoms with Gasteiger partial charge in [-0.1, -0.05) is 40.2 Å². The standard InChI is InChI=1S/C17H17BrO4/c1-20-11-22-16-8-7-14(21-2)9-15(16)17(19)13-5-3-12(10-18)4-6-13/h3-9H,10-11H2,1-2H3. The van der Waals surface area contributed by atoms with Gasteiger partial charge in [0.1, 0.15) is 11.5 Å². The van der Waals surface area contributed by atoms with E-state index in [1.54, 1.807) is 37.4 Å².